The first kappa shape index (κ1) is 18.3. The van der Waals surface area contributed by atoms with Gasteiger partial charge in [0, 0.05) is 11.1 Å². The molecule has 26 heavy (non-hydrogen) atoms. The number of aromatic nitrogens is 1. The summed E-state index contributed by atoms with van der Waals surface area (Å²) < 4.78 is 1.61. The lowest BCUT2D eigenvalue weighted by molar-refractivity contribution is 0.674. The van der Waals surface area contributed by atoms with Crippen LogP contribution in [0.15, 0.2) is 64.4 Å². The number of benzene rings is 1. The van der Waals surface area contributed by atoms with Gasteiger partial charge >= 0.3 is 0 Å². The molecule has 0 aliphatic carbocycles. The van der Waals surface area contributed by atoms with E-state index < -0.39 is 0 Å². The molecule has 0 amide bonds. The van der Waals surface area contributed by atoms with E-state index in [2.05, 4.69) is 30.3 Å². The van der Waals surface area contributed by atoms with Crippen molar-refractivity contribution in [1.82, 2.24) is 4.40 Å². The number of thioether (sulfide) groups is 1. The van der Waals surface area contributed by atoms with Crippen molar-refractivity contribution in [3.63, 3.8) is 0 Å². The van der Waals surface area contributed by atoms with Gasteiger partial charge in [-0.1, -0.05) is 42.8 Å². The molecule has 0 bridgehead atoms. The van der Waals surface area contributed by atoms with Gasteiger partial charge in [0.05, 0.1) is 5.52 Å². The van der Waals surface area contributed by atoms with E-state index in [1.54, 1.807) is 10.6 Å². The largest absolute Gasteiger partial charge is 0.283 e. The molecule has 2 heterocycles. The molecule has 0 aliphatic rings. The van der Waals surface area contributed by atoms with Crippen molar-refractivity contribution in [2.75, 3.05) is 6.26 Å². The van der Waals surface area contributed by atoms with Crippen LogP contribution in [0.3, 0.4) is 0 Å². The molecule has 0 atom stereocenters. The maximum atomic E-state index is 12.6. The van der Waals surface area contributed by atoms with Crippen LogP contribution in [0.4, 0.5) is 0 Å². The van der Waals surface area contributed by atoms with Gasteiger partial charge in [0.1, 0.15) is 11.6 Å². The normalized spacial score (nSPS) is 10.8. The lowest BCUT2D eigenvalue weighted by Gasteiger charge is -2.13. The van der Waals surface area contributed by atoms with Crippen molar-refractivity contribution < 1.29 is 0 Å². The van der Waals surface area contributed by atoms with Crippen molar-refractivity contribution in [2.24, 2.45) is 0 Å². The molecule has 0 N–H and O–H groups in total. The predicted octanol–water partition coefficient (Wildman–Crippen LogP) is 4.85. The van der Waals surface area contributed by atoms with Crippen LogP contribution < -0.4 is 5.56 Å². The monoisotopic (exact) mass is 362 g/mol. The second-order valence-electron chi connectivity index (χ2n) is 6.31. The zero-order chi connectivity index (χ0) is 18.4. The maximum absolute atomic E-state index is 12.6. The summed E-state index contributed by atoms with van der Waals surface area (Å²) in [5, 5.41) is 9.47. The first-order valence-electron chi connectivity index (χ1n) is 8.90. The average Bonchev–Trinajstić information content (AvgIpc) is 2.69. The molecule has 0 fully saturated rings. The van der Waals surface area contributed by atoms with Gasteiger partial charge < -0.3 is 0 Å². The Morgan fingerprint density at radius 2 is 1.73 bits per heavy atom. The molecule has 0 radical (unpaired) electrons. The van der Waals surface area contributed by atoms with Gasteiger partial charge in [-0.25, -0.2) is 0 Å². The fourth-order valence-electron chi connectivity index (χ4n) is 3.37. The Balaban J connectivity index is 1.78. The fourth-order valence-corrected chi connectivity index (χ4v) is 4.16. The molecular formula is C22H22N2OS. The lowest BCUT2D eigenvalue weighted by Crippen LogP contribution is -2.19. The molecule has 3 nitrogen and oxygen atoms in total. The zero-order valence-corrected chi connectivity index (χ0v) is 15.8. The van der Waals surface area contributed by atoms with E-state index in [0.29, 0.717) is 0 Å². The Morgan fingerprint density at radius 3 is 2.46 bits per heavy atom. The Morgan fingerprint density at radius 1 is 1.00 bits per heavy atom. The molecule has 4 heteroatoms. The highest BCUT2D eigenvalue weighted by Crippen LogP contribution is 2.28. The summed E-state index contributed by atoms with van der Waals surface area (Å²) in [6, 6.07) is 18.4. The summed E-state index contributed by atoms with van der Waals surface area (Å²) in [7, 11) is 0. The minimum Gasteiger partial charge on any atom is -0.283 e. The van der Waals surface area contributed by atoms with Gasteiger partial charge in [0.15, 0.2) is 0 Å². The SMILES string of the molecule is CSc1c(C#N)c(=O)n2ccccc2c1CCCCCc1ccccc1. The number of unbranched alkanes of at least 4 members (excludes halogenated alkanes) is 2. The first-order valence-corrected chi connectivity index (χ1v) is 10.1. The highest BCUT2D eigenvalue weighted by molar-refractivity contribution is 7.98. The van der Waals surface area contributed by atoms with Gasteiger partial charge in [0.2, 0.25) is 0 Å². The van der Waals surface area contributed by atoms with Crippen LogP contribution >= 0.6 is 11.8 Å². The van der Waals surface area contributed by atoms with Crippen LogP contribution in [-0.4, -0.2) is 10.7 Å². The van der Waals surface area contributed by atoms with Crippen LogP contribution in [0.25, 0.3) is 5.52 Å². The van der Waals surface area contributed by atoms with Crippen molar-refractivity contribution >= 4 is 17.3 Å². The van der Waals surface area contributed by atoms with Crippen LogP contribution in [0.1, 0.15) is 36.0 Å². The number of nitrogens with zero attached hydrogens (tertiary/aromatic N) is 2. The van der Waals surface area contributed by atoms with Crippen LogP contribution in [0.5, 0.6) is 0 Å². The minimum atomic E-state index is -0.222. The van der Waals surface area contributed by atoms with E-state index in [-0.39, 0.29) is 11.1 Å². The maximum Gasteiger partial charge on any atom is 0.274 e. The Bertz CT molecular complexity index is 987. The van der Waals surface area contributed by atoms with Crippen LogP contribution in [0, 0.1) is 11.3 Å². The lowest BCUT2D eigenvalue weighted by atomic mass is 10.0. The van der Waals surface area contributed by atoms with Gasteiger partial charge in [-0.15, -0.1) is 11.8 Å². The van der Waals surface area contributed by atoms with E-state index in [0.717, 1.165) is 48.1 Å². The topological polar surface area (TPSA) is 45.3 Å². The zero-order valence-electron chi connectivity index (χ0n) is 14.9. The molecule has 2 aromatic heterocycles. The average molecular weight is 362 g/mol. The minimum absolute atomic E-state index is 0.222. The predicted molar refractivity (Wildman–Crippen MR) is 108 cm³/mol. The van der Waals surface area contributed by atoms with Gasteiger partial charge in [0.25, 0.3) is 5.56 Å². The van der Waals surface area contributed by atoms with Crippen molar-refractivity contribution in [1.29, 1.82) is 5.26 Å². The molecule has 132 valence electrons. The summed E-state index contributed by atoms with van der Waals surface area (Å²) in [5.74, 6) is 0. The highest BCUT2D eigenvalue weighted by atomic mass is 32.2. The standard InChI is InChI=1S/C22H22N2OS/c1-26-21-18(13-7-3-6-12-17-10-4-2-5-11-17)20-14-8-9-15-24(20)22(25)19(21)16-23/h2,4-5,8-11,14-15H,3,6-7,12-13H2,1H3. The molecule has 0 unspecified atom stereocenters. The van der Waals surface area contributed by atoms with Crippen molar-refractivity contribution in [3.05, 3.63) is 81.8 Å². The number of hydrogen-bond donors (Lipinski definition) is 0. The molecule has 0 saturated heterocycles. The highest BCUT2D eigenvalue weighted by Gasteiger charge is 2.16. The number of pyridine rings is 2. The third kappa shape index (κ3) is 3.84. The molecular weight excluding hydrogens is 340 g/mol. The fraction of sp³-hybridized carbons (Fsp3) is 0.273. The Labute approximate surface area is 158 Å². The third-order valence-corrected chi connectivity index (χ3v) is 5.51. The molecule has 0 aliphatic heterocycles. The number of hydrogen-bond acceptors (Lipinski definition) is 3. The number of rotatable bonds is 7. The Kier molecular flexibility index (Phi) is 6.14. The summed E-state index contributed by atoms with van der Waals surface area (Å²) >= 11 is 1.50. The quantitative estimate of drug-likeness (QED) is 0.446. The molecule has 3 aromatic rings. The molecule has 1 aromatic carbocycles. The molecule has 3 rings (SSSR count). The number of fused-ring (bicyclic) bond motifs is 1. The smallest absolute Gasteiger partial charge is 0.274 e. The second kappa shape index (κ2) is 8.73. The van der Waals surface area contributed by atoms with Gasteiger partial charge in [-0.05, 0) is 55.2 Å². The first-order chi connectivity index (χ1) is 12.8. The van der Waals surface area contributed by atoms with Crippen LogP contribution in [-0.2, 0) is 12.8 Å². The number of aryl methyl sites for hydroxylation is 2. The Hall–Kier alpha value is -2.51. The summed E-state index contributed by atoms with van der Waals surface area (Å²) in [6.45, 7) is 0. The van der Waals surface area contributed by atoms with E-state index in [1.807, 2.05) is 30.5 Å². The van der Waals surface area contributed by atoms with Crippen molar-refractivity contribution in [3.8, 4) is 6.07 Å². The van der Waals surface area contributed by atoms with Gasteiger partial charge in [-0.3, -0.25) is 9.20 Å². The summed E-state index contributed by atoms with van der Waals surface area (Å²) in [4.78, 5) is 13.4. The van der Waals surface area contributed by atoms with E-state index in [9.17, 15) is 10.1 Å². The van der Waals surface area contributed by atoms with E-state index >= 15 is 0 Å². The van der Waals surface area contributed by atoms with Crippen molar-refractivity contribution in [2.45, 2.75) is 37.0 Å². The van der Waals surface area contributed by atoms with E-state index in [1.165, 1.54) is 17.3 Å². The summed E-state index contributed by atoms with van der Waals surface area (Å²) in [5.41, 5.74) is 3.46. The molecule has 0 spiro atoms. The second-order valence-corrected chi connectivity index (χ2v) is 7.12. The van der Waals surface area contributed by atoms with E-state index in [4.69, 9.17) is 0 Å². The molecule has 0 saturated carbocycles. The van der Waals surface area contributed by atoms with Crippen LogP contribution in [0.2, 0.25) is 0 Å². The summed E-state index contributed by atoms with van der Waals surface area (Å²) in [6.07, 6.45) is 8.99. The van der Waals surface area contributed by atoms with Gasteiger partial charge in [-0.2, -0.15) is 5.26 Å². The third-order valence-electron chi connectivity index (χ3n) is 4.65. The number of nitriles is 1.